The molecule has 0 aromatic rings. The van der Waals surface area contributed by atoms with Crippen LogP contribution in [0.25, 0.3) is 0 Å². The number of rotatable bonds is 3. The Morgan fingerprint density at radius 3 is 2.80 bits per heavy atom. The van der Waals surface area contributed by atoms with Crippen LogP contribution in [0.3, 0.4) is 0 Å². The summed E-state index contributed by atoms with van der Waals surface area (Å²) in [6.07, 6.45) is 7.31. The zero-order chi connectivity index (χ0) is 7.40. The first-order valence-electron chi connectivity index (χ1n) is 3.33. The molecule has 1 aliphatic carbocycles. The van der Waals surface area contributed by atoms with Crippen LogP contribution in [0.1, 0.15) is 12.8 Å². The van der Waals surface area contributed by atoms with Gasteiger partial charge >= 0.3 is 0 Å². The lowest BCUT2D eigenvalue weighted by atomic mass is 10.3. The van der Waals surface area contributed by atoms with Gasteiger partial charge in [-0.25, -0.2) is 4.99 Å². The number of nitrogens with one attached hydrogen (secondary N) is 1. The summed E-state index contributed by atoms with van der Waals surface area (Å²) in [6.45, 7) is 0. The van der Waals surface area contributed by atoms with E-state index in [0.29, 0.717) is 5.84 Å². The lowest BCUT2D eigenvalue weighted by Crippen LogP contribution is -2.07. The van der Waals surface area contributed by atoms with Gasteiger partial charge in [0.15, 0.2) is 0 Å². The fourth-order valence-corrected chi connectivity index (χ4v) is 0.641. The number of hydrogen-bond acceptors (Lipinski definition) is 1. The zero-order valence-electron chi connectivity index (χ0n) is 5.75. The van der Waals surface area contributed by atoms with Crippen LogP contribution < -0.4 is 5.73 Å². The minimum atomic E-state index is 0.418. The van der Waals surface area contributed by atoms with E-state index in [-0.39, 0.29) is 0 Å². The smallest absolute Gasteiger partial charge is 0.124 e. The topological polar surface area (TPSA) is 62.2 Å². The van der Waals surface area contributed by atoms with Crippen molar-refractivity contribution < 1.29 is 0 Å². The Kier molecular flexibility index (Phi) is 2.20. The quantitative estimate of drug-likeness (QED) is 0.441. The SMILES string of the molecule is N=CN=C(N)/C=C/C1CC1. The molecule has 1 saturated carbocycles. The highest BCUT2D eigenvalue weighted by Crippen LogP contribution is 2.29. The van der Waals surface area contributed by atoms with Crippen LogP contribution in [0.15, 0.2) is 17.1 Å². The molecule has 3 N–H and O–H groups in total. The molecule has 0 bridgehead atoms. The molecule has 1 fully saturated rings. The third kappa shape index (κ3) is 2.44. The summed E-state index contributed by atoms with van der Waals surface area (Å²) >= 11 is 0. The van der Waals surface area contributed by atoms with Gasteiger partial charge in [0.05, 0.1) is 0 Å². The summed E-state index contributed by atoms with van der Waals surface area (Å²) in [4.78, 5) is 3.57. The molecule has 0 aromatic carbocycles. The molecule has 0 atom stereocenters. The van der Waals surface area contributed by atoms with Gasteiger partial charge < -0.3 is 5.73 Å². The summed E-state index contributed by atoms with van der Waals surface area (Å²) in [5, 5.41) is 6.61. The molecule has 0 unspecified atom stereocenters. The summed E-state index contributed by atoms with van der Waals surface area (Å²) < 4.78 is 0. The van der Waals surface area contributed by atoms with Crippen LogP contribution in [0, 0.1) is 11.3 Å². The van der Waals surface area contributed by atoms with Gasteiger partial charge in [-0.05, 0) is 24.8 Å². The van der Waals surface area contributed by atoms with E-state index in [4.69, 9.17) is 11.1 Å². The molecule has 0 aliphatic heterocycles. The van der Waals surface area contributed by atoms with Crippen molar-refractivity contribution in [2.24, 2.45) is 16.6 Å². The minimum absolute atomic E-state index is 0.418. The van der Waals surface area contributed by atoms with Crippen molar-refractivity contribution in [2.75, 3.05) is 0 Å². The number of hydrogen-bond donors (Lipinski definition) is 2. The maximum Gasteiger partial charge on any atom is 0.124 e. The summed E-state index contributed by atoms with van der Waals surface area (Å²) in [7, 11) is 0. The van der Waals surface area contributed by atoms with E-state index in [2.05, 4.69) is 4.99 Å². The van der Waals surface area contributed by atoms with Crippen molar-refractivity contribution in [3.63, 3.8) is 0 Å². The van der Waals surface area contributed by atoms with Crippen molar-refractivity contribution in [3.05, 3.63) is 12.2 Å². The van der Waals surface area contributed by atoms with Crippen LogP contribution in [0.2, 0.25) is 0 Å². The van der Waals surface area contributed by atoms with Crippen molar-refractivity contribution >= 4 is 12.2 Å². The number of allylic oxidation sites excluding steroid dienone is 1. The van der Waals surface area contributed by atoms with E-state index in [9.17, 15) is 0 Å². The fourth-order valence-electron chi connectivity index (χ4n) is 0.641. The van der Waals surface area contributed by atoms with Gasteiger partial charge in [0.1, 0.15) is 12.2 Å². The minimum Gasteiger partial charge on any atom is -0.384 e. The second kappa shape index (κ2) is 3.15. The number of aliphatic imine (C=N–C) groups is 1. The van der Waals surface area contributed by atoms with Gasteiger partial charge in [0.2, 0.25) is 0 Å². The number of nitrogens with zero attached hydrogens (tertiary/aromatic N) is 1. The molecule has 3 nitrogen and oxygen atoms in total. The molecule has 0 heterocycles. The highest BCUT2D eigenvalue weighted by Gasteiger charge is 2.16. The van der Waals surface area contributed by atoms with Gasteiger partial charge in [-0.2, -0.15) is 0 Å². The van der Waals surface area contributed by atoms with Gasteiger partial charge in [-0.15, -0.1) is 0 Å². The molecule has 1 aliphatic rings. The predicted octanol–water partition coefficient (Wildman–Crippen LogP) is 0.917. The molecule has 0 amide bonds. The van der Waals surface area contributed by atoms with Crippen LogP contribution in [-0.2, 0) is 0 Å². The molecule has 1 rings (SSSR count). The average Bonchev–Trinajstić information content (AvgIpc) is 2.67. The van der Waals surface area contributed by atoms with Crippen LogP contribution in [0.4, 0.5) is 0 Å². The van der Waals surface area contributed by atoms with Gasteiger partial charge in [0.25, 0.3) is 0 Å². The number of nitrogens with two attached hydrogens (primary N) is 1. The van der Waals surface area contributed by atoms with Crippen molar-refractivity contribution in [1.29, 1.82) is 5.41 Å². The monoisotopic (exact) mass is 137 g/mol. The largest absolute Gasteiger partial charge is 0.384 e. The van der Waals surface area contributed by atoms with Crippen molar-refractivity contribution in [1.82, 2.24) is 0 Å². The predicted molar refractivity (Wildman–Crippen MR) is 42.3 cm³/mol. The Balaban J connectivity index is 2.34. The Morgan fingerprint density at radius 1 is 1.60 bits per heavy atom. The zero-order valence-corrected chi connectivity index (χ0v) is 5.75. The van der Waals surface area contributed by atoms with E-state index in [1.807, 2.05) is 6.08 Å². The van der Waals surface area contributed by atoms with E-state index in [1.54, 1.807) is 6.08 Å². The molecule has 10 heavy (non-hydrogen) atoms. The van der Waals surface area contributed by atoms with Crippen molar-refractivity contribution in [3.8, 4) is 0 Å². The van der Waals surface area contributed by atoms with E-state index in [0.717, 1.165) is 12.3 Å². The lowest BCUT2D eigenvalue weighted by Gasteiger charge is -1.85. The molecular weight excluding hydrogens is 126 g/mol. The summed E-state index contributed by atoms with van der Waals surface area (Å²) in [5.74, 6) is 1.14. The average molecular weight is 137 g/mol. The van der Waals surface area contributed by atoms with E-state index < -0.39 is 0 Å². The Labute approximate surface area is 60.2 Å². The first kappa shape index (κ1) is 6.99. The Bertz CT molecular complexity index is 177. The second-order valence-electron chi connectivity index (χ2n) is 2.38. The second-order valence-corrected chi connectivity index (χ2v) is 2.38. The molecular formula is C7H11N3. The maximum atomic E-state index is 6.61. The van der Waals surface area contributed by atoms with Gasteiger partial charge in [-0.1, -0.05) is 6.08 Å². The highest BCUT2D eigenvalue weighted by molar-refractivity contribution is 5.95. The van der Waals surface area contributed by atoms with E-state index in [1.165, 1.54) is 12.8 Å². The third-order valence-corrected chi connectivity index (χ3v) is 1.37. The number of amidine groups is 1. The van der Waals surface area contributed by atoms with Crippen LogP contribution in [0.5, 0.6) is 0 Å². The summed E-state index contributed by atoms with van der Waals surface area (Å²) in [5.41, 5.74) is 5.37. The van der Waals surface area contributed by atoms with Crippen LogP contribution >= 0.6 is 0 Å². The molecule has 0 spiro atoms. The standard InChI is InChI=1S/C7H11N3/c8-5-10-7(9)4-3-6-1-2-6/h3-6H,1-2H2,(H3,8,9,10)/b4-3+. The van der Waals surface area contributed by atoms with Gasteiger partial charge in [0, 0.05) is 0 Å². The summed E-state index contributed by atoms with van der Waals surface area (Å²) in [6, 6.07) is 0. The molecule has 54 valence electrons. The first-order valence-corrected chi connectivity index (χ1v) is 3.33. The Hall–Kier alpha value is -1.12. The van der Waals surface area contributed by atoms with Crippen LogP contribution in [-0.4, -0.2) is 12.2 Å². The van der Waals surface area contributed by atoms with E-state index >= 15 is 0 Å². The molecule has 3 heteroatoms. The lowest BCUT2D eigenvalue weighted by molar-refractivity contribution is 1.12. The van der Waals surface area contributed by atoms with Crippen molar-refractivity contribution in [2.45, 2.75) is 12.8 Å². The normalized spacial score (nSPS) is 19.8. The molecule has 0 radical (unpaired) electrons. The molecule has 0 aromatic heterocycles. The Morgan fingerprint density at radius 2 is 2.30 bits per heavy atom. The molecule has 0 saturated heterocycles. The highest BCUT2D eigenvalue weighted by atomic mass is 14.9. The van der Waals surface area contributed by atoms with Gasteiger partial charge in [-0.3, -0.25) is 5.41 Å². The maximum absolute atomic E-state index is 6.61. The third-order valence-electron chi connectivity index (χ3n) is 1.37. The first-order chi connectivity index (χ1) is 4.83. The fraction of sp³-hybridized carbons (Fsp3) is 0.429.